The maximum atomic E-state index is 14.7. The molecule has 2 aromatic carbocycles. The first-order chi connectivity index (χ1) is 13.8. The molecule has 2 heterocycles. The summed E-state index contributed by atoms with van der Waals surface area (Å²) in [5, 5.41) is 11.2. The third-order valence-electron chi connectivity index (χ3n) is 5.16. The van der Waals surface area contributed by atoms with Crippen LogP contribution in [0.25, 0.3) is 0 Å². The highest BCUT2D eigenvalue weighted by atomic mass is 32.2. The molecule has 4 rings (SSSR count). The minimum Gasteiger partial charge on any atom is -0.348 e. The summed E-state index contributed by atoms with van der Waals surface area (Å²) in [6, 6.07) is 12.5. The van der Waals surface area contributed by atoms with E-state index >= 15 is 0 Å². The molecule has 0 saturated heterocycles. The molecule has 0 fully saturated rings. The van der Waals surface area contributed by atoms with Gasteiger partial charge in [-0.05, 0) is 30.7 Å². The zero-order valence-corrected chi connectivity index (χ0v) is 16.3. The van der Waals surface area contributed by atoms with Crippen LogP contribution in [0.4, 0.5) is 10.1 Å². The quantitative estimate of drug-likeness (QED) is 0.481. The fraction of sp³-hybridized carbons (Fsp3) is 0.200. The summed E-state index contributed by atoms with van der Waals surface area (Å²) in [5.74, 6) is -0.511. The molecule has 0 radical (unpaired) electrons. The average Bonchev–Trinajstić information content (AvgIpc) is 3.16. The first kappa shape index (κ1) is 19.3. The lowest BCUT2D eigenvalue weighted by Gasteiger charge is -2.36. The van der Waals surface area contributed by atoms with Crippen LogP contribution in [0.3, 0.4) is 0 Å². The molecule has 1 unspecified atom stereocenters. The van der Waals surface area contributed by atoms with Crippen LogP contribution in [-0.2, 0) is 16.6 Å². The van der Waals surface area contributed by atoms with E-state index in [0.29, 0.717) is 17.8 Å². The van der Waals surface area contributed by atoms with Gasteiger partial charge in [-0.15, -0.1) is 0 Å². The number of aromatic nitrogens is 1. The fourth-order valence-electron chi connectivity index (χ4n) is 3.74. The van der Waals surface area contributed by atoms with Gasteiger partial charge >= 0.3 is 0 Å². The number of nitro groups is 1. The van der Waals surface area contributed by atoms with Crippen LogP contribution in [-0.4, -0.2) is 28.8 Å². The van der Waals surface area contributed by atoms with Gasteiger partial charge in [0, 0.05) is 42.7 Å². The monoisotopic (exact) mass is 415 g/mol. The molecule has 0 bridgehead atoms. The molecule has 9 heteroatoms. The Hall–Kier alpha value is -3.04. The zero-order chi connectivity index (χ0) is 20.8. The zero-order valence-electron chi connectivity index (χ0n) is 15.5. The first-order valence-corrected chi connectivity index (χ1v) is 10.4. The van der Waals surface area contributed by atoms with Crippen molar-refractivity contribution in [3.63, 3.8) is 0 Å². The van der Waals surface area contributed by atoms with Gasteiger partial charge in [0.15, 0.2) is 0 Å². The highest BCUT2D eigenvalue weighted by Gasteiger charge is 2.39. The molecule has 0 amide bonds. The van der Waals surface area contributed by atoms with Crippen molar-refractivity contribution >= 4 is 15.7 Å². The summed E-state index contributed by atoms with van der Waals surface area (Å²) in [6.07, 6.45) is 1.83. The van der Waals surface area contributed by atoms with Crippen molar-refractivity contribution < 1.29 is 17.7 Å². The molecule has 7 nitrogen and oxygen atoms in total. The fourth-order valence-corrected chi connectivity index (χ4v) is 5.56. The van der Waals surface area contributed by atoms with E-state index in [1.54, 1.807) is 37.3 Å². The van der Waals surface area contributed by atoms with Crippen molar-refractivity contribution in [3.05, 3.63) is 93.5 Å². The van der Waals surface area contributed by atoms with Crippen molar-refractivity contribution in [1.82, 2.24) is 8.87 Å². The largest absolute Gasteiger partial charge is 0.348 e. The molecule has 0 saturated carbocycles. The van der Waals surface area contributed by atoms with Gasteiger partial charge in [0.05, 0.1) is 15.9 Å². The smallest absolute Gasteiger partial charge is 0.270 e. The minimum atomic E-state index is -4.13. The normalized spacial score (nSPS) is 17.1. The Morgan fingerprint density at radius 3 is 2.59 bits per heavy atom. The van der Waals surface area contributed by atoms with Crippen LogP contribution < -0.4 is 0 Å². The predicted octanol–water partition coefficient (Wildman–Crippen LogP) is 3.64. The summed E-state index contributed by atoms with van der Waals surface area (Å²) in [4.78, 5) is 10.4. The number of fused-ring (bicyclic) bond motifs is 1. The van der Waals surface area contributed by atoms with E-state index in [0.717, 1.165) is 6.07 Å². The van der Waals surface area contributed by atoms with E-state index in [1.807, 2.05) is 10.8 Å². The lowest BCUT2D eigenvalue weighted by Crippen LogP contribution is -2.42. The van der Waals surface area contributed by atoms with Crippen molar-refractivity contribution in [2.75, 3.05) is 6.54 Å². The van der Waals surface area contributed by atoms with Crippen molar-refractivity contribution in [3.8, 4) is 0 Å². The molecule has 1 aliphatic rings. The van der Waals surface area contributed by atoms with Crippen LogP contribution in [0, 0.1) is 22.9 Å². The molecule has 0 spiro atoms. The van der Waals surface area contributed by atoms with Gasteiger partial charge in [0.25, 0.3) is 5.69 Å². The number of halogens is 1. The van der Waals surface area contributed by atoms with E-state index in [1.165, 1.54) is 22.5 Å². The molecule has 3 aromatic rings. The number of benzene rings is 2. The maximum absolute atomic E-state index is 14.7. The molecule has 150 valence electrons. The summed E-state index contributed by atoms with van der Waals surface area (Å²) in [6.45, 7) is 2.10. The molecule has 1 aromatic heterocycles. The second-order valence-corrected chi connectivity index (χ2v) is 8.73. The number of non-ortho nitro benzene ring substituents is 1. The van der Waals surface area contributed by atoms with Gasteiger partial charge in [-0.2, -0.15) is 4.31 Å². The predicted molar refractivity (Wildman–Crippen MR) is 104 cm³/mol. The molecular weight excluding hydrogens is 397 g/mol. The van der Waals surface area contributed by atoms with Gasteiger partial charge < -0.3 is 4.57 Å². The van der Waals surface area contributed by atoms with E-state index < -0.39 is 26.8 Å². The Labute approximate surface area is 167 Å². The lowest BCUT2D eigenvalue weighted by molar-refractivity contribution is -0.385. The van der Waals surface area contributed by atoms with Crippen LogP contribution in [0.1, 0.15) is 22.9 Å². The van der Waals surface area contributed by atoms with Crippen molar-refractivity contribution in [2.45, 2.75) is 24.4 Å². The molecule has 0 N–H and O–H groups in total. The van der Waals surface area contributed by atoms with Crippen molar-refractivity contribution in [2.24, 2.45) is 0 Å². The number of sulfonamides is 1. The van der Waals surface area contributed by atoms with Crippen LogP contribution in [0.15, 0.2) is 65.7 Å². The Morgan fingerprint density at radius 1 is 1.10 bits per heavy atom. The first-order valence-electron chi connectivity index (χ1n) is 8.97. The van der Waals surface area contributed by atoms with Crippen LogP contribution in [0.2, 0.25) is 0 Å². The van der Waals surface area contributed by atoms with Gasteiger partial charge in [0.2, 0.25) is 10.0 Å². The van der Waals surface area contributed by atoms with Crippen LogP contribution in [0.5, 0.6) is 0 Å². The molecular formula is C20H18FN3O4S. The second-order valence-electron chi connectivity index (χ2n) is 6.87. The minimum absolute atomic E-state index is 0.116. The van der Waals surface area contributed by atoms with E-state index in [9.17, 15) is 22.9 Å². The third kappa shape index (κ3) is 3.22. The number of rotatable bonds is 4. The molecule has 29 heavy (non-hydrogen) atoms. The van der Waals surface area contributed by atoms with E-state index in [-0.39, 0.29) is 22.7 Å². The van der Waals surface area contributed by atoms with Crippen molar-refractivity contribution in [1.29, 1.82) is 0 Å². The van der Waals surface area contributed by atoms with E-state index in [2.05, 4.69) is 0 Å². The number of nitrogens with zero attached hydrogens (tertiary/aromatic N) is 3. The standard InChI is InChI=1S/C20H18FN3O4S/c1-14-8-9-15(24(25)26)13-19(14)29(27,28)23-12-11-22-10-4-7-18(22)20(23)16-5-2-3-6-17(16)21/h2-10,13,20H,11-12H2,1H3. The number of nitro benzene ring substituents is 1. The average molecular weight is 415 g/mol. The lowest BCUT2D eigenvalue weighted by atomic mass is 10.0. The molecule has 0 aliphatic carbocycles. The highest BCUT2D eigenvalue weighted by Crippen LogP contribution is 2.38. The summed E-state index contributed by atoms with van der Waals surface area (Å²) in [5.41, 5.74) is 0.965. The Balaban J connectivity index is 1.90. The van der Waals surface area contributed by atoms with Gasteiger partial charge in [-0.25, -0.2) is 12.8 Å². The SMILES string of the molecule is Cc1ccc([N+](=O)[O-])cc1S(=O)(=O)N1CCn2cccc2C1c1ccccc1F. The second kappa shape index (κ2) is 7.09. The number of aryl methyl sites for hydroxylation is 1. The maximum Gasteiger partial charge on any atom is 0.270 e. The summed E-state index contributed by atoms with van der Waals surface area (Å²) >= 11 is 0. The van der Waals surface area contributed by atoms with Crippen LogP contribution >= 0.6 is 0 Å². The van der Waals surface area contributed by atoms with Gasteiger partial charge in [0.1, 0.15) is 5.82 Å². The molecule has 1 atom stereocenters. The Morgan fingerprint density at radius 2 is 1.86 bits per heavy atom. The number of hydrogen-bond acceptors (Lipinski definition) is 4. The summed E-state index contributed by atoms with van der Waals surface area (Å²) < 4.78 is 45.0. The Bertz CT molecular complexity index is 1210. The number of hydrogen-bond donors (Lipinski definition) is 0. The van der Waals surface area contributed by atoms with E-state index in [4.69, 9.17) is 0 Å². The van der Waals surface area contributed by atoms with Gasteiger partial charge in [-0.1, -0.05) is 24.3 Å². The third-order valence-corrected chi connectivity index (χ3v) is 7.17. The Kier molecular flexibility index (Phi) is 4.71. The highest BCUT2D eigenvalue weighted by molar-refractivity contribution is 7.89. The summed E-state index contributed by atoms with van der Waals surface area (Å²) in [7, 11) is -4.13. The molecule has 1 aliphatic heterocycles. The topological polar surface area (TPSA) is 85.4 Å². The van der Waals surface area contributed by atoms with Gasteiger partial charge in [-0.3, -0.25) is 10.1 Å².